The molecule has 7 aromatic rings. The van der Waals surface area contributed by atoms with Gasteiger partial charge in [0.15, 0.2) is 17.5 Å². The average molecular weight is 508 g/mol. The van der Waals surface area contributed by atoms with E-state index in [1.165, 1.54) is 20.5 Å². The summed E-state index contributed by atoms with van der Waals surface area (Å²) < 4.78 is 7.48. The van der Waals surface area contributed by atoms with Crippen molar-refractivity contribution in [2.75, 3.05) is 0 Å². The van der Waals surface area contributed by atoms with E-state index in [0.29, 0.717) is 17.5 Å². The van der Waals surface area contributed by atoms with Crippen LogP contribution < -0.4 is 0 Å². The van der Waals surface area contributed by atoms with E-state index in [0.717, 1.165) is 51.5 Å². The predicted octanol–water partition coefficient (Wildman–Crippen LogP) is 8.70. The molecule has 3 aromatic heterocycles. The number of hydrogen-bond donors (Lipinski definition) is 0. The molecule has 0 bridgehead atoms. The molecule has 4 nitrogen and oxygen atoms in total. The van der Waals surface area contributed by atoms with Gasteiger partial charge < -0.3 is 4.42 Å². The van der Waals surface area contributed by atoms with Crippen molar-refractivity contribution in [3.63, 3.8) is 0 Å². The molecule has 0 saturated heterocycles. The smallest absolute Gasteiger partial charge is 0.164 e. The van der Waals surface area contributed by atoms with Gasteiger partial charge in [0, 0.05) is 48.0 Å². The largest absolute Gasteiger partial charge is 0.456 e. The fourth-order valence-corrected chi connectivity index (χ4v) is 6.75. The van der Waals surface area contributed by atoms with Crippen molar-refractivity contribution in [2.24, 2.45) is 0 Å². The second-order valence-corrected chi connectivity index (χ2v) is 10.6. The zero-order valence-electron chi connectivity index (χ0n) is 20.4. The minimum atomic E-state index is 0.651. The lowest BCUT2D eigenvalue weighted by Crippen LogP contribution is -2.06. The highest BCUT2D eigenvalue weighted by Crippen LogP contribution is 2.42. The molecule has 0 atom stereocenters. The summed E-state index contributed by atoms with van der Waals surface area (Å²) in [6.07, 6.45) is 4.31. The van der Waals surface area contributed by atoms with Gasteiger partial charge in [-0.1, -0.05) is 84.9 Å². The fraction of sp³-hybridized carbons (Fsp3) is 0.0606. The maximum absolute atomic E-state index is 6.18. The van der Waals surface area contributed by atoms with Gasteiger partial charge >= 0.3 is 0 Å². The molecule has 0 saturated carbocycles. The van der Waals surface area contributed by atoms with Crippen LogP contribution >= 0.6 is 11.3 Å². The van der Waals surface area contributed by atoms with Crippen LogP contribution in [-0.2, 0) is 6.42 Å². The standard InChI is InChI=1S/C33H21N3OS/c1-2-10-20(11-3-1)31-34-32(23-14-8-17-26-29(23)21-12-4-6-16-25(21)37-26)36-33(35-31)24-15-9-19-28-30(24)22-13-5-7-18-27(22)38-28/h1-8,10-18H,9,19H2. The van der Waals surface area contributed by atoms with Crippen LogP contribution in [0.5, 0.6) is 0 Å². The number of thiophene rings is 1. The van der Waals surface area contributed by atoms with Crippen molar-refractivity contribution in [2.45, 2.75) is 12.8 Å². The molecule has 0 radical (unpaired) electrons. The minimum absolute atomic E-state index is 0.651. The van der Waals surface area contributed by atoms with E-state index in [9.17, 15) is 0 Å². The van der Waals surface area contributed by atoms with E-state index in [1.807, 2.05) is 59.9 Å². The van der Waals surface area contributed by atoms with E-state index in [2.05, 4.69) is 54.6 Å². The number of furan rings is 1. The Kier molecular flexibility index (Phi) is 4.79. The number of hydrogen-bond acceptors (Lipinski definition) is 5. The van der Waals surface area contributed by atoms with Crippen LogP contribution in [0.4, 0.5) is 0 Å². The predicted molar refractivity (Wildman–Crippen MR) is 155 cm³/mol. The Labute approximate surface area is 223 Å². The summed E-state index contributed by atoms with van der Waals surface area (Å²) >= 11 is 1.88. The minimum Gasteiger partial charge on any atom is -0.456 e. The van der Waals surface area contributed by atoms with E-state index in [-0.39, 0.29) is 0 Å². The van der Waals surface area contributed by atoms with Crippen molar-refractivity contribution >= 4 is 48.9 Å². The quantitative estimate of drug-likeness (QED) is 0.240. The molecule has 1 aliphatic carbocycles. The van der Waals surface area contributed by atoms with Crippen LogP contribution in [0.15, 0.2) is 108 Å². The third-order valence-corrected chi connectivity index (χ3v) is 8.44. The van der Waals surface area contributed by atoms with Gasteiger partial charge in [-0.05, 0) is 31.0 Å². The Morgan fingerprint density at radius 3 is 2.29 bits per heavy atom. The first kappa shape index (κ1) is 21.5. The fourth-order valence-electron chi connectivity index (χ4n) is 5.51. The number of aromatic nitrogens is 3. The molecule has 0 unspecified atom stereocenters. The second-order valence-electron chi connectivity index (χ2n) is 9.50. The molecule has 0 spiro atoms. The Bertz CT molecular complexity index is 2030. The van der Waals surface area contributed by atoms with E-state index >= 15 is 0 Å². The molecule has 8 rings (SSSR count). The highest BCUT2D eigenvalue weighted by atomic mass is 32.1. The van der Waals surface area contributed by atoms with Gasteiger partial charge in [-0.3, -0.25) is 0 Å². The summed E-state index contributed by atoms with van der Waals surface area (Å²) in [7, 11) is 0. The van der Waals surface area contributed by atoms with Crippen LogP contribution in [0.25, 0.3) is 60.4 Å². The summed E-state index contributed by atoms with van der Waals surface area (Å²) in [5.41, 5.74) is 5.95. The first-order chi connectivity index (χ1) is 18.8. The summed E-state index contributed by atoms with van der Waals surface area (Å²) in [5, 5.41) is 3.35. The molecule has 1 aliphatic rings. The zero-order valence-corrected chi connectivity index (χ0v) is 21.2. The van der Waals surface area contributed by atoms with Crippen LogP contribution in [-0.4, -0.2) is 15.0 Å². The molecule has 0 N–H and O–H groups in total. The molecule has 5 heteroatoms. The van der Waals surface area contributed by atoms with Crippen LogP contribution in [0, 0.1) is 0 Å². The Morgan fingerprint density at radius 2 is 1.37 bits per heavy atom. The highest BCUT2D eigenvalue weighted by molar-refractivity contribution is 7.19. The van der Waals surface area contributed by atoms with Gasteiger partial charge in [0.2, 0.25) is 0 Å². The number of rotatable bonds is 3. The summed E-state index contributed by atoms with van der Waals surface area (Å²) in [5.74, 6) is 2.03. The molecule has 180 valence electrons. The summed E-state index contributed by atoms with van der Waals surface area (Å²) in [4.78, 5) is 16.6. The van der Waals surface area contributed by atoms with Crippen LogP contribution in [0.3, 0.4) is 0 Å². The third kappa shape index (κ3) is 3.32. The molecule has 4 aromatic carbocycles. The van der Waals surface area contributed by atoms with Gasteiger partial charge in [0.05, 0.1) is 0 Å². The number of aryl methyl sites for hydroxylation is 1. The van der Waals surface area contributed by atoms with E-state index in [4.69, 9.17) is 19.4 Å². The molecule has 3 heterocycles. The van der Waals surface area contributed by atoms with Crippen molar-refractivity contribution in [1.82, 2.24) is 15.0 Å². The lowest BCUT2D eigenvalue weighted by Gasteiger charge is -2.15. The number of nitrogens with zero attached hydrogens (tertiary/aromatic N) is 3. The highest BCUT2D eigenvalue weighted by Gasteiger charge is 2.24. The van der Waals surface area contributed by atoms with Gasteiger partial charge in [-0.25, -0.2) is 15.0 Å². The Balaban J connectivity index is 1.41. The summed E-state index contributed by atoms with van der Waals surface area (Å²) in [6.45, 7) is 0. The lowest BCUT2D eigenvalue weighted by atomic mass is 9.94. The molecular weight excluding hydrogens is 486 g/mol. The molecular formula is C33H21N3OS. The van der Waals surface area contributed by atoms with Gasteiger partial charge in [0.1, 0.15) is 11.2 Å². The molecule has 0 fully saturated rings. The maximum Gasteiger partial charge on any atom is 0.164 e. The molecule has 0 amide bonds. The second kappa shape index (κ2) is 8.47. The number of fused-ring (bicyclic) bond motifs is 6. The van der Waals surface area contributed by atoms with Crippen LogP contribution in [0.2, 0.25) is 0 Å². The number of allylic oxidation sites excluding steroid dienone is 1. The topological polar surface area (TPSA) is 51.8 Å². The third-order valence-electron chi connectivity index (χ3n) is 7.21. The summed E-state index contributed by atoms with van der Waals surface area (Å²) in [6, 6.07) is 33.0. The SMILES string of the molecule is C1=C(c2nc(-c3ccccc3)nc(-c3cccc4oc5ccccc5c34)n2)c2c(sc3ccccc23)CC1. The zero-order chi connectivity index (χ0) is 25.1. The van der Waals surface area contributed by atoms with E-state index < -0.39 is 0 Å². The maximum atomic E-state index is 6.18. The van der Waals surface area contributed by atoms with Gasteiger partial charge in [-0.2, -0.15) is 0 Å². The first-order valence-electron chi connectivity index (χ1n) is 12.8. The first-order valence-corrected chi connectivity index (χ1v) is 13.6. The lowest BCUT2D eigenvalue weighted by molar-refractivity contribution is 0.669. The normalized spacial score (nSPS) is 13.2. The van der Waals surface area contributed by atoms with Crippen LogP contribution in [0.1, 0.15) is 22.7 Å². The Hall–Kier alpha value is -4.61. The van der Waals surface area contributed by atoms with Crippen molar-refractivity contribution in [1.29, 1.82) is 0 Å². The van der Waals surface area contributed by atoms with Crippen molar-refractivity contribution in [3.8, 4) is 22.8 Å². The monoisotopic (exact) mass is 507 g/mol. The van der Waals surface area contributed by atoms with E-state index in [1.54, 1.807) is 0 Å². The van der Waals surface area contributed by atoms with Gasteiger partial charge in [0.25, 0.3) is 0 Å². The molecule has 0 aliphatic heterocycles. The van der Waals surface area contributed by atoms with Crippen molar-refractivity contribution in [3.05, 3.63) is 119 Å². The molecule has 38 heavy (non-hydrogen) atoms. The number of benzene rings is 4. The van der Waals surface area contributed by atoms with Gasteiger partial charge in [-0.15, -0.1) is 11.3 Å². The average Bonchev–Trinajstić information content (AvgIpc) is 3.56. The Morgan fingerprint density at radius 1 is 0.632 bits per heavy atom. The number of para-hydroxylation sites is 1. The van der Waals surface area contributed by atoms with Crippen molar-refractivity contribution < 1.29 is 4.42 Å².